The topological polar surface area (TPSA) is 29.5 Å². The van der Waals surface area contributed by atoms with E-state index >= 15 is 0 Å². The lowest BCUT2D eigenvalue weighted by molar-refractivity contribution is -0.00688. The first kappa shape index (κ1) is 13.3. The number of halogens is 1. The Morgan fingerprint density at radius 3 is 2.26 bits per heavy atom. The van der Waals surface area contributed by atoms with Crippen molar-refractivity contribution in [3.05, 3.63) is 28.8 Å². The van der Waals surface area contributed by atoms with Crippen LogP contribution in [0.4, 0.5) is 0 Å². The van der Waals surface area contributed by atoms with Gasteiger partial charge >= 0.3 is 0 Å². The molecule has 0 radical (unpaired) electrons. The summed E-state index contributed by atoms with van der Waals surface area (Å²) in [7, 11) is 1.65. The minimum atomic E-state index is 0.220. The fraction of sp³-hybridized carbons (Fsp3) is 0.625. The predicted octanol–water partition coefficient (Wildman–Crippen LogP) is 3.93. The van der Waals surface area contributed by atoms with E-state index in [0.29, 0.717) is 11.6 Å². The van der Waals surface area contributed by atoms with E-state index in [4.69, 9.17) is 16.3 Å². The molecule has 104 valence electrons. The van der Waals surface area contributed by atoms with Crippen LogP contribution in [0.1, 0.15) is 44.1 Å². The molecule has 2 nitrogen and oxygen atoms in total. The summed E-state index contributed by atoms with van der Waals surface area (Å²) in [5.41, 5.74) is 1.86. The van der Waals surface area contributed by atoms with Gasteiger partial charge in [0, 0.05) is 6.61 Å². The van der Waals surface area contributed by atoms with Gasteiger partial charge in [0.05, 0.1) is 12.1 Å². The Balaban J connectivity index is 1.89. The highest BCUT2D eigenvalue weighted by Gasteiger charge is 2.48. The van der Waals surface area contributed by atoms with Crippen molar-refractivity contribution in [1.29, 1.82) is 0 Å². The third-order valence-electron chi connectivity index (χ3n) is 5.50. The molecule has 19 heavy (non-hydrogen) atoms. The third-order valence-corrected chi connectivity index (χ3v) is 5.80. The van der Waals surface area contributed by atoms with Crippen molar-refractivity contribution in [1.82, 2.24) is 0 Å². The van der Waals surface area contributed by atoms with Gasteiger partial charge in [0.2, 0.25) is 0 Å². The molecule has 0 heterocycles. The Kier molecular flexibility index (Phi) is 3.26. The monoisotopic (exact) mass is 280 g/mol. The van der Waals surface area contributed by atoms with Crippen LogP contribution in [0.5, 0.6) is 5.75 Å². The molecule has 3 heteroatoms. The molecule has 0 aromatic heterocycles. The van der Waals surface area contributed by atoms with E-state index in [1.807, 2.05) is 6.07 Å². The highest BCUT2D eigenvalue weighted by molar-refractivity contribution is 6.32. The summed E-state index contributed by atoms with van der Waals surface area (Å²) in [5, 5.41) is 10.3. The summed E-state index contributed by atoms with van der Waals surface area (Å²) < 4.78 is 5.23. The maximum absolute atomic E-state index is 9.60. The Hall–Kier alpha value is -0.730. The van der Waals surface area contributed by atoms with Crippen molar-refractivity contribution in [3.63, 3.8) is 0 Å². The van der Waals surface area contributed by atoms with Crippen molar-refractivity contribution >= 4 is 11.6 Å². The van der Waals surface area contributed by atoms with E-state index in [-0.39, 0.29) is 10.8 Å². The number of hydrogen-bond acceptors (Lipinski definition) is 2. The molecule has 4 rings (SSSR count). The van der Waals surface area contributed by atoms with Gasteiger partial charge in [-0.1, -0.05) is 17.7 Å². The number of hydrogen-bond donors (Lipinski definition) is 1. The number of aliphatic hydroxyl groups excluding tert-OH is 1. The van der Waals surface area contributed by atoms with Gasteiger partial charge < -0.3 is 9.84 Å². The second-order valence-corrected chi connectivity index (χ2v) is 6.69. The molecule has 0 atom stereocenters. The molecule has 0 amide bonds. The first-order chi connectivity index (χ1) is 9.13. The number of benzene rings is 1. The van der Waals surface area contributed by atoms with Crippen LogP contribution in [0.15, 0.2) is 18.2 Å². The van der Waals surface area contributed by atoms with Gasteiger partial charge in [0.25, 0.3) is 0 Å². The zero-order valence-corrected chi connectivity index (χ0v) is 12.2. The minimum Gasteiger partial charge on any atom is -0.495 e. The lowest BCUT2D eigenvalue weighted by Gasteiger charge is -2.53. The zero-order valence-electron chi connectivity index (χ0n) is 11.4. The highest BCUT2D eigenvalue weighted by atomic mass is 35.5. The lowest BCUT2D eigenvalue weighted by Crippen LogP contribution is -2.45. The molecule has 1 aromatic rings. The Labute approximate surface area is 119 Å². The lowest BCUT2D eigenvalue weighted by atomic mass is 9.52. The van der Waals surface area contributed by atoms with Gasteiger partial charge in [-0.05, 0) is 67.1 Å². The molecular weight excluding hydrogens is 260 g/mol. The summed E-state index contributed by atoms with van der Waals surface area (Å²) in [4.78, 5) is 0. The van der Waals surface area contributed by atoms with Gasteiger partial charge in [0.1, 0.15) is 5.75 Å². The first-order valence-electron chi connectivity index (χ1n) is 7.08. The van der Waals surface area contributed by atoms with Gasteiger partial charge in [-0.3, -0.25) is 0 Å². The SMILES string of the molecule is COc1ccc(C23CCC(CO)(CC2)CC3)cc1Cl. The average molecular weight is 281 g/mol. The average Bonchev–Trinajstić information content (AvgIpc) is 2.49. The van der Waals surface area contributed by atoms with Gasteiger partial charge in [-0.25, -0.2) is 0 Å². The largest absolute Gasteiger partial charge is 0.495 e. The maximum Gasteiger partial charge on any atom is 0.137 e. The van der Waals surface area contributed by atoms with Crippen LogP contribution in [0.25, 0.3) is 0 Å². The normalized spacial score (nSPS) is 33.4. The van der Waals surface area contributed by atoms with E-state index in [0.717, 1.165) is 25.0 Å². The van der Waals surface area contributed by atoms with Crippen molar-refractivity contribution < 1.29 is 9.84 Å². The number of methoxy groups -OCH3 is 1. The fourth-order valence-electron chi connectivity index (χ4n) is 3.93. The maximum atomic E-state index is 9.60. The second kappa shape index (κ2) is 4.68. The molecule has 3 saturated carbocycles. The van der Waals surface area contributed by atoms with Gasteiger partial charge in [0.15, 0.2) is 0 Å². The molecule has 1 N–H and O–H groups in total. The van der Waals surface area contributed by atoms with Crippen LogP contribution in [0.3, 0.4) is 0 Å². The molecule has 0 unspecified atom stereocenters. The Morgan fingerprint density at radius 1 is 1.16 bits per heavy atom. The molecule has 3 aliphatic rings. The van der Waals surface area contributed by atoms with Crippen molar-refractivity contribution in [2.24, 2.45) is 5.41 Å². The van der Waals surface area contributed by atoms with E-state index < -0.39 is 0 Å². The standard InChI is InChI=1S/C16H21ClO2/c1-19-14-3-2-12(10-13(14)17)16-7-4-15(11-18,5-8-16)6-9-16/h2-3,10,18H,4-9,11H2,1H3. The molecule has 2 bridgehead atoms. The van der Waals surface area contributed by atoms with Crippen LogP contribution in [-0.4, -0.2) is 18.8 Å². The summed E-state index contributed by atoms with van der Waals surface area (Å²) in [6, 6.07) is 6.23. The Bertz CT molecular complexity index is 459. The first-order valence-corrected chi connectivity index (χ1v) is 7.46. The highest BCUT2D eigenvalue weighted by Crippen LogP contribution is 2.57. The molecular formula is C16H21ClO2. The second-order valence-electron chi connectivity index (χ2n) is 6.29. The van der Waals surface area contributed by atoms with Crippen molar-refractivity contribution in [2.45, 2.75) is 43.9 Å². The van der Waals surface area contributed by atoms with Crippen LogP contribution >= 0.6 is 11.6 Å². The third kappa shape index (κ3) is 2.05. The molecule has 1 aromatic carbocycles. The molecule has 0 aliphatic heterocycles. The zero-order chi connectivity index (χ0) is 13.5. The summed E-state index contributed by atoms with van der Waals surface area (Å²) in [6.45, 7) is 0.354. The van der Waals surface area contributed by atoms with Crippen molar-refractivity contribution in [3.8, 4) is 5.75 Å². The van der Waals surface area contributed by atoms with E-state index in [1.165, 1.54) is 24.8 Å². The summed E-state index contributed by atoms with van der Waals surface area (Å²) >= 11 is 6.27. The number of aliphatic hydroxyl groups is 1. The summed E-state index contributed by atoms with van der Waals surface area (Å²) in [6.07, 6.45) is 6.97. The van der Waals surface area contributed by atoms with Crippen LogP contribution < -0.4 is 4.74 Å². The van der Waals surface area contributed by atoms with Crippen LogP contribution in [-0.2, 0) is 5.41 Å². The number of ether oxygens (including phenoxy) is 1. The number of fused-ring (bicyclic) bond motifs is 3. The smallest absolute Gasteiger partial charge is 0.137 e. The molecule has 3 fully saturated rings. The van der Waals surface area contributed by atoms with E-state index in [2.05, 4.69) is 12.1 Å². The van der Waals surface area contributed by atoms with Crippen molar-refractivity contribution in [2.75, 3.05) is 13.7 Å². The van der Waals surface area contributed by atoms with E-state index in [1.54, 1.807) is 7.11 Å². The van der Waals surface area contributed by atoms with Gasteiger partial charge in [-0.15, -0.1) is 0 Å². The van der Waals surface area contributed by atoms with E-state index in [9.17, 15) is 5.11 Å². The molecule has 0 spiro atoms. The number of rotatable bonds is 3. The summed E-state index contributed by atoms with van der Waals surface area (Å²) in [5.74, 6) is 0.748. The van der Waals surface area contributed by atoms with Crippen LogP contribution in [0, 0.1) is 5.41 Å². The predicted molar refractivity (Wildman–Crippen MR) is 76.9 cm³/mol. The van der Waals surface area contributed by atoms with Gasteiger partial charge in [-0.2, -0.15) is 0 Å². The minimum absolute atomic E-state index is 0.220. The van der Waals surface area contributed by atoms with Crippen LogP contribution in [0.2, 0.25) is 5.02 Å². The molecule has 0 saturated heterocycles. The quantitative estimate of drug-likeness (QED) is 0.909. The Morgan fingerprint density at radius 2 is 1.79 bits per heavy atom. The molecule has 3 aliphatic carbocycles. The fourth-order valence-corrected chi connectivity index (χ4v) is 4.19.